The summed E-state index contributed by atoms with van der Waals surface area (Å²) < 4.78 is 5.07. The van der Waals surface area contributed by atoms with Gasteiger partial charge in [0.1, 0.15) is 6.29 Å². The number of ether oxygens (including phenoxy) is 1. The summed E-state index contributed by atoms with van der Waals surface area (Å²) in [4.78, 5) is 9.87. The zero-order valence-corrected chi connectivity index (χ0v) is 6.23. The van der Waals surface area contributed by atoms with Gasteiger partial charge in [-0.3, -0.25) is 0 Å². The molecule has 0 aliphatic rings. The Labute approximate surface area is 60.1 Å². The van der Waals surface area contributed by atoms with E-state index in [1.807, 2.05) is 6.92 Å². The topological polar surface area (TPSA) is 26.3 Å². The van der Waals surface area contributed by atoms with Crippen molar-refractivity contribution < 1.29 is 9.53 Å². The van der Waals surface area contributed by atoms with Gasteiger partial charge in [-0.1, -0.05) is 0 Å². The first kappa shape index (κ1) is 8.92. The monoisotopic (exact) mass is 150 g/mol. The van der Waals surface area contributed by atoms with Crippen LogP contribution in [0.1, 0.15) is 13.3 Å². The summed E-state index contributed by atoms with van der Waals surface area (Å²) in [5.74, 6) is 0.489. The van der Waals surface area contributed by atoms with Crippen LogP contribution in [0.15, 0.2) is 0 Å². The minimum absolute atomic E-state index is 0.0150. The van der Waals surface area contributed by atoms with E-state index in [9.17, 15) is 4.79 Å². The largest absolute Gasteiger partial charge is 0.377 e. The second kappa shape index (κ2) is 6.05. The highest BCUT2D eigenvalue weighted by molar-refractivity contribution is 6.17. The van der Waals surface area contributed by atoms with Gasteiger partial charge in [0.15, 0.2) is 0 Å². The van der Waals surface area contributed by atoms with Crippen molar-refractivity contribution in [2.75, 3.05) is 12.5 Å². The van der Waals surface area contributed by atoms with Gasteiger partial charge in [-0.05, 0) is 6.92 Å². The SMILES string of the molecule is CC(CC=O)OCCCl. The van der Waals surface area contributed by atoms with Crippen molar-refractivity contribution in [3.05, 3.63) is 0 Å². The van der Waals surface area contributed by atoms with Crippen LogP contribution >= 0.6 is 11.6 Å². The molecule has 9 heavy (non-hydrogen) atoms. The summed E-state index contributed by atoms with van der Waals surface area (Å²) in [6, 6.07) is 0. The Morgan fingerprint density at radius 1 is 1.78 bits per heavy atom. The normalized spacial score (nSPS) is 13.1. The average molecular weight is 151 g/mol. The fourth-order valence-corrected chi connectivity index (χ4v) is 0.538. The Bertz CT molecular complexity index is 75.5. The van der Waals surface area contributed by atoms with Crippen molar-refractivity contribution in [2.45, 2.75) is 19.4 Å². The Hall–Kier alpha value is -0.0800. The Kier molecular flexibility index (Phi) is 5.99. The van der Waals surface area contributed by atoms with E-state index in [-0.39, 0.29) is 6.10 Å². The van der Waals surface area contributed by atoms with Crippen LogP contribution < -0.4 is 0 Å². The van der Waals surface area contributed by atoms with Gasteiger partial charge in [0, 0.05) is 12.3 Å². The third kappa shape index (κ3) is 5.80. The number of alkyl halides is 1. The van der Waals surface area contributed by atoms with Crippen molar-refractivity contribution >= 4 is 17.9 Å². The second-order valence-corrected chi connectivity index (χ2v) is 2.15. The molecule has 0 aromatic rings. The molecule has 0 aromatic heterocycles. The summed E-state index contributed by atoms with van der Waals surface area (Å²) >= 11 is 5.33. The van der Waals surface area contributed by atoms with Gasteiger partial charge in [-0.15, -0.1) is 11.6 Å². The number of aldehydes is 1. The first-order valence-electron chi connectivity index (χ1n) is 2.92. The summed E-state index contributed by atoms with van der Waals surface area (Å²) in [5, 5.41) is 0. The fraction of sp³-hybridized carbons (Fsp3) is 0.833. The summed E-state index contributed by atoms with van der Waals surface area (Å²) in [6.45, 7) is 2.37. The molecule has 0 N–H and O–H groups in total. The molecule has 0 aliphatic carbocycles. The van der Waals surface area contributed by atoms with E-state index in [2.05, 4.69) is 0 Å². The minimum atomic E-state index is 0.0150. The first-order chi connectivity index (χ1) is 4.31. The van der Waals surface area contributed by atoms with E-state index in [4.69, 9.17) is 16.3 Å². The molecule has 0 spiro atoms. The van der Waals surface area contributed by atoms with Crippen LogP contribution in [0.2, 0.25) is 0 Å². The smallest absolute Gasteiger partial charge is 0.122 e. The van der Waals surface area contributed by atoms with E-state index < -0.39 is 0 Å². The third-order valence-electron chi connectivity index (χ3n) is 0.908. The van der Waals surface area contributed by atoms with Crippen LogP contribution in [0.3, 0.4) is 0 Å². The summed E-state index contributed by atoms with van der Waals surface area (Å²) in [5.41, 5.74) is 0. The van der Waals surface area contributed by atoms with Crippen LogP contribution in [-0.2, 0) is 9.53 Å². The summed E-state index contributed by atoms with van der Waals surface area (Å²) in [7, 11) is 0. The van der Waals surface area contributed by atoms with Crippen molar-refractivity contribution in [3.8, 4) is 0 Å². The Morgan fingerprint density at radius 2 is 2.44 bits per heavy atom. The number of hydrogen-bond donors (Lipinski definition) is 0. The molecule has 2 nitrogen and oxygen atoms in total. The standard InChI is InChI=1S/C6H11ClO2/c1-6(2-4-8)9-5-3-7/h4,6H,2-3,5H2,1H3. The van der Waals surface area contributed by atoms with Crippen molar-refractivity contribution in [1.82, 2.24) is 0 Å². The van der Waals surface area contributed by atoms with E-state index in [1.54, 1.807) is 0 Å². The molecule has 0 amide bonds. The predicted molar refractivity (Wildman–Crippen MR) is 36.8 cm³/mol. The molecule has 1 atom stereocenters. The lowest BCUT2D eigenvalue weighted by molar-refractivity contribution is -0.110. The van der Waals surface area contributed by atoms with Crippen LogP contribution in [-0.4, -0.2) is 24.9 Å². The van der Waals surface area contributed by atoms with Crippen molar-refractivity contribution in [3.63, 3.8) is 0 Å². The van der Waals surface area contributed by atoms with Crippen LogP contribution in [0.4, 0.5) is 0 Å². The molecule has 0 aromatic carbocycles. The van der Waals surface area contributed by atoms with Crippen LogP contribution in [0, 0.1) is 0 Å². The maximum atomic E-state index is 9.87. The lowest BCUT2D eigenvalue weighted by atomic mass is 10.3. The molecule has 3 heteroatoms. The van der Waals surface area contributed by atoms with Gasteiger partial charge in [-0.25, -0.2) is 0 Å². The zero-order valence-electron chi connectivity index (χ0n) is 5.47. The third-order valence-corrected chi connectivity index (χ3v) is 1.06. The van der Waals surface area contributed by atoms with E-state index in [1.165, 1.54) is 0 Å². The molecule has 0 fully saturated rings. The fourth-order valence-electron chi connectivity index (χ4n) is 0.449. The van der Waals surface area contributed by atoms with Gasteiger partial charge in [0.05, 0.1) is 12.7 Å². The molecule has 0 saturated heterocycles. The average Bonchev–Trinajstić information content (AvgIpc) is 1.85. The maximum Gasteiger partial charge on any atom is 0.122 e. The number of carbonyl (C=O) groups is 1. The van der Waals surface area contributed by atoms with Crippen molar-refractivity contribution in [1.29, 1.82) is 0 Å². The van der Waals surface area contributed by atoms with Gasteiger partial charge < -0.3 is 9.53 Å². The van der Waals surface area contributed by atoms with E-state index in [0.29, 0.717) is 18.9 Å². The Balaban J connectivity index is 3.04. The van der Waals surface area contributed by atoms with Gasteiger partial charge in [0.2, 0.25) is 0 Å². The van der Waals surface area contributed by atoms with Crippen molar-refractivity contribution in [2.24, 2.45) is 0 Å². The highest BCUT2D eigenvalue weighted by atomic mass is 35.5. The van der Waals surface area contributed by atoms with E-state index >= 15 is 0 Å². The highest BCUT2D eigenvalue weighted by Crippen LogP contribution is 1.93. The minimum Gasteiger partial charge on any atom is -0.377 e. The molecule has 54 valence electrons. The van der Waals surface area contributed by atoms with Crippen LogP contribution in [0.25, 0.3) is 0 Å². The van der Waals surface area contributed by atoms with E-state index in [0.717, 1.165) is 6.29 Å². The summed E-state index contributed by atoms with van der Waals surface area (Å²) in [6.07, 6.45) is 1.32. The Morgan fingerprint density at radius 3 is 2.89 bits per heavy atom. The highest BCUT2D eigenvalue weighted by Gasteiger charge is 1.97. The second-order valence-electron chi connectivity index (χ2n) is 1.77. The van der Waals surface area contributed by atoms with Gasteiger partial charge in [0.25, 0.3) is 0 Å². The quantitative estimate of drug-likeness (QED) is 0.435. The maximum absolute atomic E-state index is 9.87. The number of halogens is 1. The molecular weight excluding hydrogens is 140 g/mol. The molecular formula is C6H11ClO2. The molecule has 0 saturated carbocycles. The molecule has 1 unspecified atom stereocenters. The molecule has 0 heterocycles. The molecule has 0 bridgehead atoms. The number of carbonyl (C=O) groups excluding carboxylic acids is 1. The van der Waals surface area contributed by atoms with Crippen LogP contribution in [0.5, 0.6) is 0 Å². The lowest BCUT2D eigenvalue weighted by Crippen LogP contribution is -2.09. The first-order valence-corrected chi connectivity index (χ1v) is 3.46. The van der Waals surface area contributed by atoms with Gasteiger partial charge >= 0.3 is 0 Å². The predicted octanol–water partition coefficient (Wildman–Crippen LogP) is 1.22. The molecule has 0 radical (unpaired) electrons. The number of hydrogen-bond acceptors (Lipinski definition) is 2. The van der Waals surface area contributed by atoms with Gasteiger partial charge in [-0.2, -0.15) is 0 Å². The lowest BCUT2D eigenvalue weighted by Gasteiger charge is -2.06. The molecule has 0 rings (SSSR count). The zero-order chi connectivity index (χ0) is 7.11. The molecule has 0 aliphatic heterocycles. The number of rotatable bonds is 5.